The lowest BCUT2D eigenvalue weighted by atomic mass is 9.61. The maximum Gasteiger partial charge on any atom is 0.317 e. The standard InChI is InChI=1S/C23H42N2O2/c1-4-5-8-17-10-11-21-20(13-17)19(18-9-6-7-16(2)12-18)14-22(24-21)25(3)15-23(26)27/h16-22,24H,4-15H2,1-3H3,(H,26,27). The lowest BCUT2D eigenvalue weighted by Gasteiger charge is -2.52. The molecule has 0 radical (unpaired) electrons. The van der Waals surface area contributed by atoms with Crippen LogP contribution >= 0.6 is 0 Å². The number of hydrogen-bond donors (Lipinski definition) is 2. The van der Waals surface area contributed by atoms with Gasteiger partial charge in [0.2, 0.25) is 0 Å². The third kappa shape index (κ3) is 5.47. The molecule has 4 heteroatoms. The third-order valence-corrected chi connectivity index (χ3v) is 7.93. The van der Waals surface area contributed by atoms with Gasteiger partial charge in [-0.3, -0.25) is 15.0 Å². The fraction of sp³-hybridized carbons (Fsp3) is 0.957. The van der Waals surface area contributed by atoms with E-state index in [-0.39, 0.29) is 12.7 Å². The summed E-state index contributed by atoms with van der Waals surface area (Å²) in [5, 5.41) is 13.1. The zero-order valence-electron chi connectivity index (χ0n) is 17.8. The van der Waals surface area contributed by atoms with Gasteiger partial charge in [-0.2, -0.15) is 0 Å². The highest BCUT2D eigenvalue weighted by atomic mass is 16.4. The van der Waals surface area contributed by atoms with E-state index < -0.39 is 5.97 Å². The SMILES string of the molecule is CCCCC1CCC2NC(N(C)CC(=O)O)CC(C3CCCC(C)C3)C2C1. The first kappa shape index (κ1) is 21.1. The molecule has 1 saturated heterocycles. The Labute approximate surface area is 166 Å². The molecule has 0 aromatic rings. The van der Waals surface area contributed by atoms with E-state index in [4.69, 9.17) is 0 Å². The van der Waals surface area contributed by atoms with Crippen LogP contribution in [0.25, 0.3) is 0 Å². The summed E-state index contributed by atoms with van der Waals surface area (Å²) >= 11 is 0. The first-order chi connectivity index (χ1) is 13.0. The van der Waals surface area contributed by atoms with E-state index in [1.54, 1.807) is 0 Å². The van der Waals surface area contributed by atoms with Crippen molar-refractivity contribution in [1.82, 2.24) is 10.2 Å². The van der Waals surface area contributed by atoms with Gasteiger partial charge in [0.15, 0.2) is 0 Å². The Morgan fingerprint density at radius 3 is 2.63 bits per heavy atom. The highest BCUT2D eigenvalue weighted by Gasteiger charge is 2.45. The molecule has 0 spiro atoms. The second kappa shape index (κ2) is 9.73. The number of unbranched alkanes of at least 4 members (excludes halogenated alkanes) is 1. The van der Waals surface area contributed by atoms with Crippen molar-refractivity contribution in [3.8, 4) is 0 Å². The molecular weight excluding hydrogens is 336 g/mol. The van der Waals surface area contributed by atoms with E-state index in [0.29, 0.717) is 6.04 Å². The number of carbonyl (C=O) groups is 1. The summed E-state index contributed by atoms with van der Waals surface area (Å²) in [6.07, 6.45) is 15.1. The van der Waals surface area contributed by atoms with Gasteiger partial charge in [-0.1, -0.05) is 52.4 Å². The summed E-state index contributed by atoms with van der Waals surface area (Å²) in [4.78, 5) is 13.3. The molecule has 156 valence electrons. The van der Waals surface area contributed by atoms with Gasteiger partial charge in [-0.25, -0.2) is 0 Å². The van der Waals surface area contributed by atoms with Crippen LogP contribution in [0.4, 0.5) is 0 Å². The molecule has 3 rings (SSSR count). The molecule has 0 aromatic heterocycles. The molecule has 3 fully saturated rings. The summed E-state index contributed by atoms with van der Waals surface area (Å²) in [5.74, 6) is 3.52. The molecule has 0 amide bonds. The molecule has 27 heavy (non-hydrogen) atoms. The van der Waals surface area contributed by atoms with E-state index in [1.165, 1.54) is 64.2 Å². The van der Waals surface area contributed by atoms with Gasteiger partial charge in [0.05, 0.1) is 12.7 Å². The fourth-order valence-corrected chi connectivity index (χ4v) is 6.52. The largest absolute Gasteiger partial charge is 0.480 e. The molecule has 1 aliphatic heterocycles. The number of carboxylic acid groups (broad SMARTS) is 1. The Bertz CT molecular complexity index is 483. The number of likely N-dealkylation sites (N-methyl/N-ethyl adjacent to an activating group) is 1. The minimum absolute atomic E-state index is 0.141. The van der Waals surface area contributed by atoms with Crippen molar-refractivity contribution in [3.05, 3.63) is 0 Å². The molecule has 2 aliphatic carbocycles. The summed E-state index contributed by atoms with van der Waals surface area (Å²) in [6, 6.07) is 0.597. The Kier molecular flexibility index (Phi) is 7.61. The molecule has 7 atom stereocenters. The van der Waals surface area contributed by atoms with Crippen LogP contribution in [0.3, 0.4) is 0 Å². The zero-order chi connectivity index (χ0) is 19.4. The summed E-state index contributed by atoms with van der Waals surface area (Å²) in [7, 11) is 1.99. The van der Waals surface area contributed by atoms with Crippen LogP contribution in [0.15, 0.2) is 0 Å². The van der Waals surface area contributed by atoms with Crippen LogP contribution in [0.5, 0.6) is 0 Å². The summed E-state index contributed by atoms with van der Waals surface area (Å²) in [5.41, 5.74) is 0. The Morgan fingerprint density at radius 1 is 1.11 bits per heavy atom. The molecule has 1 heterocycles. The number of carboxylic acids is 1. The molecule has 0 bridgehead atoms. The summed E-state index contributed by atoms with van der Waals surface area (Å²) < 4.78 is 0. The highest BCUT2D eigenvalue weighted by Crippen LogP contribution is 2.47. The minimum Gasteiger partial charge on any atom is -0.480 e. The van der Waals surface area contributed by atoms with Gasteiger partial charge in [-0.15, -0.1) is 0 Å². The predicted octanol–water partition coefficient (Wildman–Crippen LogP) is 4.74. The van der Waals surface area contributed by atoms with Crippen LogP contribution in [0.2, 0.25) is 0 Å². The maximum atomic E-state index is 11.2. The number of piperidine rings is 1. The Hall–Kier alpha value is -0.610. The van der Waals surface area contributed by atoms with Gasteiger partial charge in [0.25, 0.3) is 0 Å². The molecule has 4 nitrogen and oxygen atoms in total. The van der Waals surface area contributed by atoms with E-state index in [0.717, 1.165) is 36.0 Å². The number of nitrogens with one attached hydrogen (secondary N) is 1. The second-order valence-corrected chi connectivity index (χ2v) is 10.0. The average molecular weight is 379 g/mol. The van der Waals surface area contributed by atoms with Crippen LogP contribution in [0.1, 0.15) is 84.5 Å². The predicted molar refractivity (Wildman–Crippen MR) is 111 cm³/mol. The van der Waals surface area contributed by atoms with E-state index in [2.05, 4.69) is 19.2 Å². The van der Waals surface area contributed by atoms with E-state index in [9.17, 15) is 9.90 Å². The lowest BCUT2D eigenvalue weighted by molar-refractivity contribution is -0.139. The van der Waals surface area contributed by atoms with Gasteiger partial charge in [0, 0.05) is 6.04 Å². The molecule has 2 N–H and O–H groups in total. The molecular formula is C23H42N2O2. The first-order valence-corrected chi connectivity index (χ1v) is 11.7. The topological polar surface area (TPSA) is 52.6 Å². The molecule has 2 saturated carbocycles. The maximum absolute atomic E-state index is 11.2. The highest BCUT2D eigenvalue weighted by molar-refractivity contribution is 5.69. The van der Waals surface area contributed by atoms with Crippen molar-refractivity contribution in [2.24, 2.45) is 29.6 Å². The van der Waals surface area contributed by atoms with Gasteiger partial charge in [0.1, 0.15) is 0 Å². The van der Waals surface area contributed by atoms with Crippen molar-refractivity contribution in [3.63, 3.8) is 0 Å². The van der Waals surface area contributed by atoms with Crippen LogP contribution in [-0.2, 0) is 4.79 Å². The smallest absolute Gasteiger partial charge is 0.317 e. The van der Waals surface area contributed by atoms with Crippen LogP contribution in [-0.4, -0.2) is 41.8 Å². The van der Waals surface area contributed by atoms with E-state index in [1.807, 2.05) is 11.9 Å². The van der Waals surface area contributed by atoms with E-state index >= 15 is 0 Å². The Balaban J connectivity index is 1.72. The minimum atomic E-state index is -0.715. The van der Waals surface area contributed by atoms with Gasteiger partial charge in [-0.05, 0) is 68.7 Å². The summed E-state index contributed by atoms with van der Waals surface area (Å²) in [6.45, 7) is 4.88. The normalized spacial score (nSPS) is 39.9. The van der Waals surface area contributed by atoms with Crippen LogP contribution < -0.4 is 5.32 Å². The van der Waals surface area contributed by atoms with Crippen molar-refractivity contribution < 1.29 is 9.90 Å². The molecule has 7 unspecified atom stereocenters. The Morgan fingerprint density at radius 2 is 1.93 bits per heavy atom. The van der Waals surface area contributed by atoms with Crippen molar-refractivity contribution >= 4 is 5.97 Å². The molecule has 3 aliphatic rings. The fourth-order valence-electron chi connectivity index (χ4n) is 6.52. The first-order valence-electron chi connectivity index (χ1n) is 11.7. The van der Waals surface area contributed by atoms with Gasteiger partial charge >= 0.3 is 5.97 Å². The monoisotopic (exact) mass is 378 g/mol. The van der Waals surface area contributed by atoms with Crippen molar-refractivity contribution in [1.29, 1.82) is 0 Å². The van der Waals surface area contributed by atoms with Gasteiger partial charge < -0.3 is 5.11 Å². The quantitative estimate of drug-likeness (QED) is 0.672. The second-order valence-electron chi connectivity index (χ2n) is 10.0. The number of aliphatic carboxylic acids is 1. The number of hydrogen-bond acceptors (Lipinski definition) is 3. The number of rotatable bonds is 7. The van der Waals surface area contributed by atoms with Crippen LogP contribution in [0, 0.1) is 29.6 Å². The van der Waals surface area contributed by atoms with Crippen molar-refractivity contribution in [2.45, 2.75) is 96.7 Å². The lowest BCUT2D eigenvalue weighted by Crippen LogP contribution is -2.60. The average Bonchev–Trinajstić information content (AvgIpc) is 2.64. The van der Waals surface area contributed by atoms with Crippen molar-refractivity contribution in [2.75, 3.05) is 13.6 Å². The number of fused-ring (bicyclic) bond motifs is 1. The zero-order valence-corrected chi connectivity index (χ0v) is 17.8. The molecule has 0 aromatic carbocycles. The third-order valence-electron chi connectivity index (χ3n) is 7.93. The number of nitrogens with zero attached hydrogens (tertiary/aromatic N) is 1.